The Balaban J connectivity index is 1.70. The molecule has 1 aliphatic heterocycles. The van der Waals surface area contributed by atoms with Gasteiger partial charge in [-0.25, -0.2) is 4.79 Å². The summed E-state index contributed by atoms with van der Waals surface area (Å²) in [4.78, 5) is 14.4. The molecule has 1 fully saturated rings. The number of likely N-dealkylation sites (tertiary alicyclic amines) is 1. The predicted octanol–water partition coefficient (Wildman–Crippen LogP) is 5.81. The zero-order chi connectivity index (χ0) is 20.0. The van der Waals surface area contributed by atoms with E-state index < -0.39 is 0 Å². The van der Waals surface area contributed by atoms with E-state index in [4.69, 9.17) is 9.47 Å². The molecule has 150 valence electrons. The van der Waals surface area contributed by atoms with Gasteiger partial charge in [0.05, 0.1) is 6.10 Å². The van der Waals surface area contributed by atoms with Crippen molar-refractivity contribution in [2.24, 2.45) is 0 Å². The third-order valence-corrected chi connectivity index (χ3v) is 5.47. The van der Waals surface area contributed by atoms with E-state index in [9.17, 15) is 4.79 Å². The molecule has 28 heavy (non-hydrogen) atoms. The molecule has 0 saturated carbocycles. The van der Waals surface area contributed by atoms with Gasteiger partial charge in [-0.15, -0.1) is 0 Å². The number of ether oxygens (including phenoxy) is 2. The van der Waals surface area contributed by atoms with Gasteiger partial charge >= 0.3 is 6.09 Å². The summed E-state index contributed by atoms with van der Waals surface area (Å²) in [6.07, 6.45) is 4.01. The number of carbonyl (C=O) groups is 1. The zero-order valence-corrected chi connectivity index (χ0v) is 17.2. The Morgan fingerprint density at radius 2 is 1.71 bits per heavy atom. The number of piperidine rings is 1. The van der Waals surface area contributed by atoms with Gasteiger partial charge in [0.1, 0.15) is 11.5 Å². The third kappa shape index (κ3) is 4.86. The average molecular weight is 382 g/mol. The molecule has 3 rings (SSSR count). The number of benzene rings is 2. The van der Waals surface area contributed by atoms with Gasteiger partial charge in [0.25, 0.3) is 0 Å². The van der Waals surface area contributed by atoms with Crippen LogP contribution in [0.15, 0.2) is 54.6 Å². The summed E-state index contributed by atoms with van der Waals surface area (Å²) in [6, 6.07) is 17.8. The molecule has 0 bridgehead atoms. The predicted molar refractivity (Wildman–Crippen MR) is 112 cm³/mol. The van der Waals surface area contributed by atoms with Crippen LogP contribution in [0.2, 0.25) is 0 Å². The van der Waals surface area contributed by atoms with Crippen LogP contribution in [0.5, 0.6) is 11.5 Å². The number of carbonyl (C=O) groups excluding carboxylic acids is 1. The van der Waals surface area contributed by atoms with Crippen molar-refractivity contribution in [2.45, 2.75) is 58.0 Å². The topological polar surface area (TPSA) is 38.8 Å². The van der Waals surface area contributed by atoms with Crippen LogP contribution in [0.1, 0.15) is 52.0 Å². The second kappa shape index (κ2) is 9.13. The van der Waals surface area contributed by atoms with E-state index in [0.29, 0.717) is 18.8 Å². The van der Waals surface area contributed by atoms with Crippen LogP contribution < -0.4 is 9.47 Å². The molecule has 1 aliphatic rings. The van der Waals surface area contributed by atoms with Gasteiger partial charge in [-0.05, 0) is 68.4 Å². The Labute approximate surface area is 168 Å². The molecular formula is C24H31NO3. The van der Waals surface area contributed by atoms with Crippen molar-refractivity contribution in [3.05, 3.63) is 60.2 Å². The van der Waals surface area contributed by atoms with Gasteiger partial charge in [0, 0.05) is 13.1 Å². The smallest absolute Gasteiger partial charge is 0.415 e. The van der Waals surface area contributed by atoms with E-state index in [1.807, 2.05) is 55.1 Å². The van der Waals surface area contributed by atoms with Gasteiger partial charge in [0.15, 0.2) is 0 Å². The average Bonchev–Trinajstić information content (AvgIpc) is 2.69. The molecule has 1 saturated heterocycles. The first-order chi connectivity index (χ1) is 13.5. The van der Waals surface area contributed by atoms with Gasteiger partial charge < -0.3 is 14.4 Å². The molecule has 0 N–H and O–H groups in total. The monoisotopic (exact) mass is 381 g/mol. The number of para-hydroxylation sites is 1. The highest BCUT2D eigenvalue weighted by atomic mass is 16.6. The normalized spacial score (nSPS) is 16.1. The van der Waals surface area contributed by atoms with Crippen LogP contribution in [0.4, 0.5) is 4.79 Å². The Morgan fingerprint density at radius 3 is 2.36 bits per heavy atom. The van der Waals surface area contributed by atoms with E-state index in [-0.39, 0.29) is 17.6 Å². The molecule has 2 aromatic carbocycles. The van der Waals surface area contributed by atoms with Gasteiger partial charge in [0.2, 0.25) is 0 Å². The molecule has 0 atom stereocenters. The van der Waals surface area contributed by atoms with E-state index in [2.05, 4.69) is 25.1 Å². The molecule has 0 aliphatic carbocycles. The minimum absolute atomic E-state index is 0.0919. The fourth-order valence-corrected chi connectivity index (χ4v) is 4.10. The van der Waals surface area contributed by atoms with Crippen molar-refractivity contribution in [3.63, 3.8) is 0 Å². The highest BCUT2D eigenvalue weighted by Gasteiger charge is 2.37. The number of rotatable bonds is 6. The van der Waals surface area contributed by atoms with Crippen molar-refractivity contribution in [1.82, 2.24) is 4.90 Å². The first-order valence-corrected chi connectivity index (χ1v) is 10.3. The van der Waals surface area contributed by atoms with Crippen LogP contribution in [0, 0.1) is 0 Å². The maximum atomic E-state index is 12.5. The molecule has 1 heterocycles. The van der Waals surface area contributed by atoms with Gasteiger partial charge in [-0.3, -0.25) is 0 Å². The third-order valence-electron chi connectivity index (χ3n) is 5.47. The Morgan fingerprint density at radius 1 is 1.04 bits per heavy atom. The summed E-state index contributed by atoms with van der Waals surface area (Å²) in [5.74, 6) is 1.52. The van der Waals surface area contributed by atoms with Gasteiger partial charge in [-0.2, -0.15) is 0 Å². The fraction of sp³-hybridized carbons (Fsp3) is 0.458. The lowest BCUT2D eigenvalue weighted by molar-refractivity contribution is 0.119. The highest BCUT2D eigenvalue weighted by molar-refractivity contribution is 5.70. The summed E-state index contributed by atoms with van der Waals surface area (Å²) < 4.78 is 11.4. The number of amides is 1. The van der Waals surface area contributed by atoms with Crippen LogP contribution in [0.3, 0.4) is 0 Å². The molecule has 2 aromatic rings. The lowest BCUT2D eigenvalue weighted by Crippen LogP contribution is -2.46. The van der Waals surface area contributed by atoms with E-state index in [0.717, 1.165) is 31.4 Å². The zero-order valence-electron chi connectivity index (χ0n) is 17.2. The first-order valence-electron chi connectivity index (χ1n) is 10.3. The Kier molecular flexibility index (Phi) is 6.61. The van der Waals surface area contributed by atoms with Crippen molar-refractivity contribution >= 4 is 6.09 Å². The van der Waals surface area contributed by atoms with Crippen LogP contribution in [0.25, 0.3) is 0 Å². The summed E-state index contributed by atoms with van der Waals surface area (Å²) in [5, 5.41) is 0. The van der Waals surface area contributed by atoms with Crippen LogP contribution in [-0.4, -0.2) is 30.2 Å². The molecule has 1 amide bonds. The molecule has 0 unspecified atom stereocenters. The van der Waals surface area contributed by atoms with Crippen molar-refractivity contribution < 1.29 is 14.3 Å². The van der Waals surface area contributed by atoms with E-state index in [1.165, 1.54) is 5.56 Å². The van der Waals surface area contributed by atoms with Crippen molar-refractivity contribution in [3.8, 4) is 11.5 Å². The molecule has 0 radical (unpaired) electrons. The Bertz CT molecular complexity index is 764. The summed E-state index contributed by atoms with van der Waals surface area (Å²) >= 11 is 0. The first kappa shape index (κ1) is 20.2. The minimum atomic E-state index is -0.256. The standard InChI is InChI=1S/C24H31NO3/c1-4-13-24(20-9-8-12-22(18-20)27-19(2)3)14-16-25(17-15-24)23(26)28-21-10-6-5-7-11-21/h5-12,18-19H,4,13-17H2,1-3H3. The lowest BCUT2D eigenvalue weighted by Gasteiger charge is -2.42. The highest BCUT2D eigenvalue weighted by Crippen LogP contribution is 2.41. The summed E-state index contributed by atoms with van der Waals surface area (Å²) in [7, 11) is 0. The van der Waals surface area contributed by atoms with Crippen LogP contribution in [-0.2, 0) is 5.41 Å². The minimum Gasteiger partial charge on any atom is -0.491 e. The molecule has 4 heteroatoms. The van der Waals surface area contributed by atoms with Gasteiger partial charge in [-0.1, -0.05) is 43.7 Å². The molecular weight excluding hydrogens is 350 g/mol. The van der Waals surface area contributed by atoms with E-state index in [1.54, 1.807) is 0 Å². The van der Waals surface area contributed by atoms with Crippen molar-refractivity contribution in [1.29, 1.82) is 0 Å². The lowest BCUT2D eigenvalue weighted by atomic mass is 9.70. The van der Waals surface area contributed by atoms with Crippen molar-refractivity contribution in [2.75, 3.05) is 13.1 Å². The second-order valence-electron chi connectivity index (χ2n) is 7.89. The molecule has 4 nitrogen and oxygen atoms in total. The number of nitrogens with zero attached hydrogens (tertiary/aromatic N) is 1. The maximum Gasteiger partial charge on any atom is 0.415 e. The molecule has 0 spiro atoms. The summed E-state index contributed by atoms with van der Waals surface area (Å²) in [6.45, 7) is 7.74. The summed E-state index contributed by atoms with van der Waals surface area (Å²) in [5.41, 5.74) is 1.41. The maximum absolute atomic E-state index is 12.5. The number of hydrogen-bond acceptors (Lipinski definition) is 3. The quantitative estimate of drug-likeness (QED) is 0.634. The van der Waals surface area contributed by atoms with E-state index >= 15 is 0 Å². The molecule has 0 aromatic heterocycles. The Hall–Kier alpha value is -2.49. The fourth-order valence-electron chi connectivity index (χ4n) is 4.10. The van der Waals surface area contributed by atoms with Crippen LogP contribution >= 0.6 is 0 Å². The second-order valence-corrected chi connectivity index (χ2v) is 7.89. The largest absolute Gasteiger partial charge is 0.491 e. The number of hydrogen-bond donors (Lipinski definition) is 0. The SMILES string of the molecule is CCCC1(c2cccc(OC(C)C)c2)CCN(C(=O)Oc2ccccc2)CC1.